The molecule has 1 rings (SSSR count). The number of alkyl halides is 1. The lowest BCUT2D eigenvalue weighted by Gasteiger charge is -1.99. The van der Waals surface area contributed by atoms with Crippen molar-refractivity contribution in [2.75, 3.05) is 5.33 Å². The Kier molecular flexibility index (Phi) is 2.22. The van der Waals surface area contributed by atoms with Crippen molar-refractivity contribution >= 4 is 15.9 Å². The second kappa shape index (κ2) is 2.96. The fourth-order valence-corrected chi connectivity index (χ4v) is 0.832. The van der Waals surface area contributed by atoms with Gasteiger partial charge < -0.3 is 0 Å². The van der Waals surface area contributed by atoms with Crippen LogP contribution < -0.4 is 0 Å². The minimum Gasteiger partial charge on any atom is -0.263 e. The molecule has 0 aliphatic heterocycles. The van der Waals surface area contributed by atoms with E-state index in [1.54, 1.807) is 0 Å². The maximum absolute atomic E-state index is 3.99. The summed E-state index contributed by atoms with van der Waals surface area (Å²) in [5, 5.41) is 7.45. The van der Waals surface area contributed by atoms with E-state index in [2.05, 4.69) is 38.0 Å². The van der Waals surface area contributed by atoms with E-state index in [-0.39, 0.29) is 0 Å². The number of nitrogens with zero attached hydrogens (tertiary/aromatic N) is 2. The molecule has 0 aromatic carbocycles. The van der Waals surface area contributed by atoms with Gasteiger partial charge in [-0.1, -0.05) is 22.9 Å². The summed E-state index contributed by atoms with van der Waals surface area (Å²) in [6.45, 7) is 2.08. The van der Waals surface area contributed by atoms with Crippen LogP contribution in [0, 0.1) is 0 Å². The molecule has 9 heavy (non-hydrogen) atoms. The Morgan fingerprint density at radius 2 is 2.67 bits per heavy atom. The molecule has 0 saturated heterocycles. The van der Waals surface area contributed by atoms with Gasteiger partial charge in [0.25, 0.3) is 0 Å². The summed E-state index contributed by atoms with van der Waals surface area (Å²) in [5.41, 5.74) is 0. The summed E-state index contributed by atoms with van der Waals surface area (Å²) in [5.74, 6) is 1.36. The molecular weight excluding hydrogens is 182 g/mol. The van der Waals surface area contributed by atoms with Gasteiger partial charge in [0.2, 0.25) is 0 Å². The van der Waals surface area contributed by atoms with Gasteiger partial charge in [-0.05, 0) is 0 Å². The molecule has 1 aromatic rings. The molecule has 0 saturated carbocycles. The minimum absolute atomic E-state index is 0.424. The highest BCUT2D eigenvalue weighted by atomic mass is 79.9. The van der Waals surface area contributed by atoms with E-state index in [4.69, 9.17) is 0 Å². The molecule has 0 spiro atoms. The summed E-state index contributed by atoms with van der Waals surface area (Å²) >= 11 is 3.35. The second-order valence-electron chi connectivity index (χ2n) is 1.93. The first-order chi connectivity index (χ1) is 4.34. The maximum atomic E-state index is 3.99. The molecule has 0 radical (unpaired) electrons. The fraction of sp³-hybridized carbons (Fsp3) is 0.600. The van der Waals surface area contributed by atoms with Crippen LogP contribution in [-0.2, 0) is 0 Å². The van der Waals surface area contributed by atoms with Crippen molar-refractivity contribution in [1.29, 1.82) is 0 Å². The van der Waals surface area contributed by atoms with Gasteiger partial charge in [0.15, 0.2) is 0 Å². The molecule has 1 unspecified atom stereocenters. The lowest BCUT2D eigenvalue weighted by molar-refractivity contribution is 0.796. The van der Waals surface area contributed by atoms with Crippen molar-refractivity contribution in [1.82, 2.24) is 15.2 Å². The van der Waals surface area contributed by atoms with Gasteiger partial charge in [0.1, 0.15) is 12.2 Å². The van der Waals surface area contributed by atoms with Gasteiger partial charge in [0, 0.05) is 11.2 Å². The molecule has 3 nitrogen and oxygen atoms in total. The number of nitrogens with one attached hydrogen (secondary N) is 1. The van der Waals surface area contributed by atoms with Gasteiger partial charge in [-0.3, -0.25) is 5.10 Å². The molecule has 0 fully saturated rings. The van der Waals surface area contributed by atoms with Gasteiger partial charge >= 0.3 is 0 Å². The van der Waals surface area contributed by atoms with Crippen LogP contribution in [0.1, 0.15) is 18.7 Å². The zero-order valence-corrected chi connectivity index (χ0v) is 6.72. The van der Waals surface area contributed by atoms with E-state index >= 15 is 0 Å². The third kappa shape index (κ3) is 1.51. The van der Waals surface area contributed by atoms with Gasteiger partial charge in [-0.2, -0.15) is 5.10 Å². The van der Waals surface area contributed by atoms with Gasteiger partial charge in [0.05, 0.1) is 0 Å². The Hall–Kier alpha value is -0.380. The highest BCUT2D eigenvalue weighted by Gasteiger charge is 2.04. The zero-order valence-electron chi connectivity index (χ0n) is 5.13. The number of hydrogen-bond acceptors (Lipinski definition) is 2. The Balaban J connectivity index is 2.65. The zero-order chi connectivity index (χ0) is 6.69. The molecule has 1 N–H and O–H groups in total. The quantitative estimate of drug-likeness (QED) is 0.714. The monoisotopic (exact) mass is 189 g/mol. The largest absolute Gasteiger partial charge is 0.263 e. The summed E-state index contributed by atoms with van der Waals surface area (Å²) in [7, 11) is 0. The third-order valence-electron chi connectivity index (χ3n) is 1.13. The molecule has 50 valence electrons. The minimum atomic E-state index is 0.424. The van der Waals surface area contributed by atoms with Crippen LogP contribution in [-0.4, -0.2) is 20.5 Å². The van der Waals surface area contributed by atoms with Crippen LogP contribution >= 0.6 is 15.9 Å². The van der Waals surface area contributed by atoms with Crippen molar-refractivity contribution in [3.63, 3.8) is 0 Å². The van der Waals surface area contributed by atoms with Crippen LogP contribution in [0.2, 0.25) is 0 Å². The van der Waals surface area contributed by atoms with Gasteiger partial charge in [-0.15, -0.1) is 0 Å². The number of H-pyrrole nitrogens is 1. The lowest BCUT2D eigenvalue weighted by Crippen LogP contribution is -1.96. The number of halogens is 1. The lowest BCUT2D eigenvalue weighted by atomic mass is 10.2. The highest BCUT2D eigenvalue weighted by Crippen LogP contribution is 2.10. The van der Waals surface area contributed by atoms with Crippen molar-refractivity contribution in [2.45, 2.75) is 12.8 Å². The molecule has 0 aliphatic carbocycles. The van der Waals surface area contributed by atoms with E-state index in [9.17, 15) is 0 Å². The van der Waals surface area contributed by atoms with Crippen LogP contribution in [0.25, 0.3) is 0 Å². The molecule has 1 heterocycles. The predicted molar refractivity (Wildman–Crippen MR) is 38.6 cm³/mol. The first-order valence-corrected chi connectivity index (χ1v) is 3.88. The topological polar surface area (TPSA) is 41.6 Å². The molecule has 0 bridgehead atoms. The highest BCUT2D eigenvalue weighted by molar-refractivity contribution is 9.09. The van der Waals surface area contributed by atoms with Crippen molar-refractivity contribution in [3.8, 4) is 0 Å². The van der Waals surface area contributed by atoms with E-state index in [0.29, 0.717) is 5.92 Å². The first-order valence-electron chi connectivity index (χ1n) is 2.76. The van der Waals surface area contributed by atoms with E-state index in [1.165, 1.54) is 6.33 Å². The summed E-state index contributed by atoms with van der Waals surface area (Å²) in [6.07, 6.45) is 1.52. The summed E-state index contributed by atoms with van der Waals surface area (Å²) in [4.78, 5) is 3.99. The normalized spacial score (nSPS) is 13.6. The Morgan fingerprint density at radius 3 is 3.11 bits per heavy atom. The number of hydrogen-bond donors (Lipinski definition) is 1. The number of aromatic nitrogens is 3. The molecule has 4 heteroatoms. The van der Waals surface area contributed by atoms with E-state index in [1.807, 2.05) is 0 Å². The van der Waals surface area contributed by atoms with Crippen molar-refractivity contribution in [3.05, 3.63) is 12.2 Å². The standard InChI is InChI=1S/C5H8BrN3/c1-4(2-6)5-7-3-8-9-5/h3-4H,2H2,1H3,(H,7,8,9). The first kappa shape index (κ1) is 6.74. The van der Waals surface area contributed by atoms with Crippen LogP contribution in [0.4, 0.5) is 0 Å². The maximum Gasteiger partial charge on any atom is 0.137 e. The number of aromatic amines is 1. The average molecular weight is 190 g/mol. The smallest absolute Gasteiger partial charge is 0.137 e. The Labute approximate surface area is 62.0 Å². The van der Waals surface area contributed by atoms with Gasteiger partial charge in [-0.25, -0.2) is 4.98 Å². The SMILES string of the molecule is CC(CBr)c1ncn[nH]1. The summed E-state index contributed by atoms with van der Waals surface area (Å²) in [6, 6.07) is 0. The second-order valence-corrected chi connectivity index (χ2v) is 2.57. The molecular formula is C5H8BrN3. The average Bonchev–Trinajstić information content (AvgIpc) is 2.37. The number of rotatable bonds is 2. The molecule has 1 aromatic heterocycles. The van der Waals surface area contributed by atoms with E-state index in [0.717, 1.165) is 11.2 Å². The Morgan fingerprint density at radius 1 is 1.89 bits per heavy atom. The van der Waals surface area contributed by atoms with Crippen molar-refractivity contribution in [2.24, 2.45) is 0 Å². The third-order valence-corrected chi connectivity index (χ3v) is 2.10. The Bertz CT molecular complexity index is 161. The van der Waals surface area contributed by atoms with Crippen LogP contribution in [0.5, 0.6) is 0 Å². The molecule has 1 atom stereocenters. The molecule has 0 aliphatic rings. The van der Waals surface area contributed by atoms with Crippen LogP contribution in [0.3, 0.4) is 0 Å². The fourth-order valence-electron chi connectivity index (χ4n) is 0.525. The predicted octanol–water partition coefficient (Wildman–Crippen LogP) is 1.30. The van der Waals surface area contributed by atoms with Crippen LogP contribution in [0.15, 0.2) is 6.33 Å². The summed E-state index contributed by atoms with van der Waals surface area (Å²) < 4.78 is 0. The van der Waals surface area contributed by atoms with E-state index < -0.39 is 0 Å². The van der Waals surface area contributed by atoms with Crippen molar-refractivity contribution < 1.29 is 0 Å². The molecule has 0 amide bonds.